The minimum Gasteiger partial charge on any atom is -0.506 e. The van der Waals surface area contributed by atoms with Gasteiger partial charge in [0.1, 0.15) is 5.75 Å². The highest BCUT2D eigenvalue weighted by atomic mass is 35.5. The third-order valence-corrected chi connectivity index (χ3v) is 4.30. The molecule has 0 bridgehead atoms. The summed E-state index contributed by atoms with van der Waals surface area (Å²) in [7, 11) is 0. The van der Waals surface area contributed by atoms with E-state index in [2.05, 4.69) is 18.7 Å². The summed E-state index contributed by atoms with van der Waals surface area (Å²) in [6, 6.07) is 1.50. The van der Waals surface area contributed by atoms with E-state index >= 15 is 0 Å². The predicted molar refractivity (Wildman–Crippen MR) is 82.9 cm³/mol. The van der Waals surface area contributed by atoms with Crippen LogP contribution in [0.25, 0.3) is 10.3 Å². The van der Waals surface area contributed by atoms with Crippen LogP contribution < -0.4 is 4.94 Å². The Morgan fingerprint density at radius 3 is 2.60 bits per heavy atom. The zero-order valence-corrected chi connectivity index (χ0v) is 13.2. The fourth-order valence-corrected chi connectivity index (χ4v) is 3.30. The van der Waals surface area contributed by atoms with Crippen LogP contribution in [-0.4, -0.2) is 23.1 Å². The second-order valence-electron chi connectivity index (χ2n) is 4.74. The molecule has 0 aliphatic rings. The van der Waals surface area contributed by atoms with Crippen molar-refractivity contribution in [2.45, 2.75) is 33.2 Å². The van der Waals surface area contributed by atoms with Crippen LogP contribution >= 0.6 is 22.9 Å². The summed E-state index contributed by atoms with van der Waals surface area (Å²) < 4.78 is 5.78. The average Bonchev–Trinajstić information content (AvgIpc) is 2.75. The monoisotopic (exact) mass is 315 g/mol. The molecule has 1 N–H and O–H groups in total. The van der Waals surface area contributed by atoms with Gasteiger partial charge in [-0.3, -0.25) is 4.90 Å². The van der Waals surface area contributed by atoms with Gasteiger partial charge in [-0.05, 0) is 25.9 Å². The Bertz CT molecular complexity index is 644. The number of phenolic OH excluding ortho intramolecular Hbond substituents is 1. The molecule has 0 saturated heterocycles. The van der Waals surface area contributed by atoms with E-state index in [9.17, 15) is 9.90 Å². The maximum Gasteiger partial charge on any atom is 0.396 e. The molecule has 1 aromatic heterocycles. The van der Waals surface area contributed by atoms with Crippen LogP contribution in [0, 0.1) is 0 Å². The predicted octanol–water partition coefficient (Wildman–Crippen LogP) is 3.84. The second kappa shape index (κ2) is 6.61. The number of fused-ring (bicyclic) bond motifs is 1. The SMILES string of the molecule is CCCN(CCC)Cc1c(O)c(Cl)cc2oc(=O)sc12. The summed E-state index contributed by atoms with van der Waals surface area (Å²) in [5.74, 6) is 0.0495. The Labute approximate surface area is 126 Å². The smallest absolute Gasteiger partial charge is 0.396 e. The van der Waals surface area contributed by atoms with E-state index in [0.29, 0.717) is 22.4 Å². The highest BCUT2D eigenvalue weighted by molar-refractivity contribution is 7.16. The van der Waals surface area contributed by atoms with Crippen molar-refractivity contribution in [1.29, 1.82) is 0 Å². The molecule has 4 nitrogen and oxygen atoms in total. The molecule has 0 amide bonds. The minimum atomic E-state index is -0.375. The van der Waals surface area contributed by atoms with Crippen LogP contribution in [-0.2, 0) is 6.54 Å². The highest BCUT2D eigenvalue weighted by Gasteiger charge is 2.18. The summed E-state index contributed by atoms with van der Waals surface area (Å²) in [5.41, 5.74) is 1.14. The van der Waals surface area contributed by atoms with E-state index < -0.39 is 0 Å². The molecule has 0 saturated carbocycles. The molecule has 1 heterocycles. The van der Waals surface area contributed by atoms with Gasteiger partial charge in [-0.15, -0.1) is 0 Å². The molecule has 2 aromatic rings. The van der Waals surface area contributed by atoms with Crippen molar-refractivity contribution in [2.75, 3.05) is 13.1 Å². The Kier molecular flexibility index (Phi) is 5.07. The number of phenols is 1. The first-order chi connectivity index (χ1) is 9.56. The molecular weight excluding hydrogens is 298 g/mol. The number of benzene rings is 1. The second-order valence-corrected chi connectivity index (χ2v) is 6.10. The fourth-order valence-electron chi connectivity index (χ4n) is 2.30. The van der Waals surface area contributed by atoms with Crippen molar-refractivity contribution < 1.29 is 9.52 Å². The van der Waals surface area contributed by atoms with Gasteiger partial charge in [-0.25, -0.2) is 4.79 Å². The Morgan fingerprint density at radius 1 is 1.35 bits per heavy atom. The first-order valence-electron chi connectivity index (χ1n) is 6.73. The quantitative estimate of drug-likeness (QED) is 0.880. The number of hydrogen-bond donors (Lipinski definition) is 1. The van der Waals surface area contributed by atoms with Gasteiger partial charge in [0.05, 0.1) is 9.72 Å². The van der Waals surface area contributed by atoms with Gasteiger partial charge in [0.15, 0.2) is 5.58 Å². The van der Waals surface area contributed by atoms with E-state index in [4.69, 9.17) is 16.0 Å². The fraction of sp³-hybridized carbons (Fsp3) is 0.500. The molecule has 0 aliphatic carbocycles. The lowest BCUT2D eigenvalue weighted by Crippen LogP contribution is -2.25. The number of nitrogens with zero attached hydrogens (tertiary/aromatic N) is 1. The van der Waals surface area contributed by atoms with Crippen LogP contribution in [0.15, 0.2) is 15.3 Å². The maximum atomic E-state index is 11.4. The van der Waals surface area contributed by atoms with E-state index in [0.717, 1.165) is 37.3 Å². The minimum absolute atomic E-state index is 0.0495. The lowest BCUT2D eigenvalue weighted by Gasteiger charge is -2.21. The van der Waals surface area contributed by atoms with E-state index in [1.54, 1.807) is 0 Å². The van der Waals surface area contributed by atoms with Gasteiger partial charge in [-0.2, -0.15) is 0 Å². The van der Waals surface area contributed by atoms with Crippen LogP contribution in [0.2, 0.25) is 5.02 Å². The van der Waals surface area contributed by atoms with E-state index in [1.165, 1.54) is 6.07 Å². The Balaban J connectivity index is 2.45. The van der Waals surface area contributed by atoms with E-state index in [-0.39, 0.29) is 15.7 Å². The maximum absolute atomic E-state index is 11.4. The number of halogens is 1. The molecule has 2 rings (SSSR count). The van der Waals surface area contributed by atoms with Gasteiger partial charge in [0.25, 0.3) is 0 Å². The standard InChI is InChI=1S/C14H18ClNO3S/c1-3-5-16(6-4-2)8-9-12(17)10(15)7-11-13(9)20-14(18)19-11/h7,17H,3-6,8H2,1-2H3. The van der Waals surface area contributed by atoms with Gasteiger partial charge in [0, 0.05) is 18.2 Å². The van der Waals surface area contributed by atoms with Crippen LogP contribution in [0.3, 0.4) is 0 Å². The lowest BCUT2D eigenvalue weighted by molar-refractivity contribution is 0.264. The van der Waals surface area contributed by atoms with Crippen molar-refractivity contribution in [1.82, 2.24) is 4.90 Å². The Morgan fingerprint density at radius 2 is 2.00 bits per heavy atom. The summed E-state index contributed by atoms with van der Waals surface area (Å²) in [4.78, 5) is 13.3. The molecule has 0 atom stereocenters. The average molecular weight is 316 g/mol. The molecule has 6 heteroatoms. The van der Waals surface area contributed by atoms with Crippen molar-refractivity contribution in [3.63, 3.8) is 0 Å². The number of rotatable bonds is 6. The third kappa shape index (κ3) is 3.16. The summed E-state index contributed by atoms with van der Waals surface area (Å²) in [6.45, 7) is 6.68. The first-order valence-corrected chi connectivity index (χ1v) is 7.92. The molecule has 0 aliphatic heterocycles. The molecule has 20 heavy (non-hydrogen) atoms. The molecule has 0 spiro atoms. The molecule has 0 fully saturated rings. The van der Waals surface area contributed by atoms with Crippen LogP contribution in [0.1, 0.15) is 32.3 Å². The van der Waals surface area contributed by atoms with Crippen LogP contribution in [0.5, 0.6) is 5.75 Å². The third-order valence-electron chi connectivity index (χ3n) is 3.11. The Hall–Kier alpha value is -1.04. The van der Waals surface area contributed by atoms with Crippen molar-refractivity contribution >= 4 is 33.2 Å². The lowest BCUT2D eigenvalue weighted by atomic mass is 10.1. The van der Waals surface area contributed by atoms with Gasteiger partial charge in [0.2, 0.25) is 0 Å². The largest absolute Gasteiger partial charge is 0.506 e. The molecule has 110 valence electrons. The zero-order valence-electron chi connectivity index (χ0n) is 11.6. The topological polar surface area (TPSA) is 53.7 Å². The van der Waals surface area contributed by atoms with Gasteiger partial charge < -0.3 is 9.52 Å². The molecule has 0 unspecified atom stereocenters. The summed E-state index contributed by atoms with van der Waals surface area (Å²) in [5, 5.41) is 10.4. The van der Waals surface area contributed by atoms with Crippen molar-refractivity contribution in [2.24, 2.45) is 0 Å². The molecular formula is C14H18ClNO3S. The zero-order chi connectivity index (χ0) is 14.7. The molecule has 0 radical (unpaired) electrons. The first kappa shape index (κ1) is 15.4. The van der Waals surface area contributed by atoms with Gasteiger partial charge in [-0.1, -0.05) is 36.8 Å². The number of aromatic hydroxyl groups is 1. The summed E-state index contributed by atoms with van der Waals surface area (Å²) in [6.07, 6.45) is 2.07. The van der Waals surface area contributed by atoms with E-state index in [1.807, 2.05) is 0 Å². The molecule has 1 aromatic carbocycles. The normalized spacial score (nSPS) is 11.6. The van der Waals surface area contributed by atoms with Gasteiger partial charge >= 0.3 is 4.94 Å². The van der Waals surface area contributed by atoms with Crippen molar-refractivity contribution in [3.05, 3.63) is 26.4 Å². The van der Waals surface area contributed by atoms with Crippen molar-refractivity contribution in [3.8, 4) is 5.75 Å². The van der Waals surface area contributed by atoms with Crippen LogP contribution in [0.4, 0.5) is 0 Å². The summed E-state index contributed by atoms with van der Waals surface area (Å²) >= 11 is 7.03. The highest BCUT2D eigenvalue weighted by Crippen LogP contribution is 2.36. The number of hydrogen-bond acceptors (Lipinski definition) is 5.